The van der Waals surface area contributed by atoms with Gasteiger partial charge in [-0.3, -0.25) is 4.79 Å². The van der Waals surface area contributed by atoms with Gasteiger partial charge < -0.3 is 10.6 Å². The molecule has 0 radical (unpaired) electrons. The van der Waals surface area contributed by atoms with Crippen LogP contribution in [0, 0.1) is 17.8 Å². The van der Waals surface area contributed by atoms with Crippen molar-refractivity contribution in [3.05, 3.63) is 0 Å². The van der Waals surface area contributed by atoms with Crippen LogP contribution >= 0.6 is 0 Å². The number of carbonyl (C=O) groups excluding carboxylic acids is 1. The van der Waals surface area contributed by atoms with Gasteiger partial charge in [0, 0.05) is 19.1 Å². The molecule has 0 saturated heterocycles. The van der Waals surface area contributed by atoms with Gasteiger partial charge in [-0.15, -0.1) is 0 Å². The zero-order chi connectivity index (χ0) is 13.2. The molecule has 3 fully saturated rings. The molecular formula is C16H28N2O. The highest BCUT2D eigenvalue weighted by Gasteiger charge is 2.36. The van der Waals surface area contributed by atoms with E-state index < -0.39 is 0 Å². The molecular weight excluding hydrogens is 236 g/mol. The number of hydrogen-bond acceptors (Lipinski definition) is 2. The SMILES string of the molecule is N[C@@H]1CCCCC[C@H]1C(=O)N(CC1CC1)CC1CC1. The molecule has 3 heteroatoms. The molecule has 1 amide bonds. The fourth-order valence-electron chi connectivity index (χ4n) is 3.36. The summed E-state index contributed by atoms with van der Waals surface area (Å²) in [7, 11) is 0. The number of nitrogens with two attached hydrogens (primary N) is 1. The summed E-state index contributed by atoms with van der Waals surface area (Å²) < 4.78 is 0. The third kappa shape index (κ3) is 3.71. The first kappa shape index (κ1) is 13.4. The quantitative estimate of drug-likeness (QED) is 0.776. The number of amides is 1. The Balaban J connectivity index is 1.62. The summed E-state index contributed by atoms with van der Waals surface area (Å²) in [5.74, 6) is 2.09. The van der Waals surface area contributed by atoms with Crippen molar-refractivity contribution in [3.8, 4) is 0 Å². The summed E-state index contributed by atoms with van der Waals surface area (Å²) in [6, 6.07) is 0.107. The van der Waals surface area contributed by atoms with E-state index in [-0.39, 0.29) is 12.0 Å². The molecule has 3 aliphatic carbocycles. The van der Waals surface area contributed by atoms with Gasteiger partial charge in [-0.2, -0.15) is 0 Å². The first-order valence-corrected chi connectivity index (χ1v) is 8.28. The minimum atomic E-state index is 0.107. The Labute approximate surface area is 116 Å². The molecule has 0 bridgehead atoms. The van der Waals surface area contributed by atoms with E-state index in [1.165, 1.54) is 44.9 Å². The van der Waals surface area contributed by atoms with E-state index in [1.807, 2.05) is 0 Å². The predicted molar refractivity (Wildman–Crippen MR) is 76.6 cm³/mol. The lowest BCUT2D eigenvalue weighted by Gasteiger charge is -2.29. The largest absolute Gasteiger partial charge is 0.342 e. The number of hydrogen-bond donors (Lipinski definition) is 1. The van der Waals surface area contributed by atoms with Crippen molar-refractivity contribution in [3.63, 3.8) is 0 Å². The van der Waals surface area contributed by atoms with Crippen LogP contribution in [0.5, 0.6) is 0 Å². The van der Waals surface area contributed by atoms with Gasteiger partial charge in [-0.1, -0.05) is 19.3 Å². The van der Waals surface area contributed by atoms with Crippen LogP contribution in [0.1, 0.15) is 57.8 Å². The zero-order valence-electron chi connectivity index (χ0n) is 12.0. The highest BCUT2D eigenvalue weighted by molar-refractivity contribution is 5.79. The molecule has 0 aromatic carbocycles. The summed E-state index contributed by atoms with van der Waals surface area (Å²) in [4.78, 5) is 15.0. The molecule has 3 rings (SSSR count). The molecule has 3 nitrogen and oxygen atoms in total. The Hall–Kier alpha value is -0.570. The fourth-order valence-corrected chi connectivity index (χ4v) is 3.36. The van der Waals surface area contributed by atoms with Gasteiger partial charge in [-0.05, 0) is 50.4 Å². The van der Waals surface area contributed by atoms with Gasteiger partial charge in [0.15, 0.2) is 0 Å². The van der Waals surface area contributed by atoms with Crippen LogP contribution < -0.4 is 5.73 Å². The maximum Gasteiger partial charge on any atom is 0.227 e. The molecule has 19 heavy (non-hydrogen) atoms. The minimum absolute atomic E-state index is 0.107. The first-order chi connectivity index (χ1) is 9.24. The van der Waals surface area contributed by atoms with Gasteiger partial charge in [0.1, 0.15) is 0 Å². The van der Waals surface area contributed by atoms with Gasteiger partial charge in [0.25, 0.3) is 0 Å². The summed E-state index contributed by atoms with van der Waals surface area (Å²) in [5, 5.41) is 0. The lowest BCUT2D eigenvalue weighted by Crippen LogP contribution is -2.45. The van der Waals surface area contributed by atoms with Crippen LogP contribution in [0.25, 0.3) is 0 Å². The molecule has 3 saturated carbocycles. The Morgan fingerprint density at radius 2 is 1.47 bits per heavy atom. The maximum atomic E-state index is 12.8. The van der Waals surface area contributed by atoms with Crippen LogP contribution in [0.15, 0.2) is 0 Å². The molecule has 0 spiro atoms. The third-order valence-electron chi connectivity index (χ3n) is 5.05. The van der Waals surface area contributed by atoms with Crippen molar-refractivity contribution in [2.45, 2.75) is 63.8 Å². The normalized spacial score (nSPS) is 31.8. The van der Waals surface area contributed by atoms with E-state index in [2.05, 4.69) is 4.90 Å². The molecule has 0 unspecified atom stereocenters. The molecule has 0 heterocycles. The highest BCUT2D eigenvalue weighted by Crippen LogP contribution is 2.35. The summed E-state index contributed by atoms with van der Waals surface area (Å²) in [6.07, 6.45) is 11.0. The average Bonchev–Trinajstić information content (AvgIpc) is 3.25. The van der Waals surface area contributed by atoms with Crippen LogP contribution in [-0.4, -0.2) is 29.9 Å². The number of nitrogens with zero attached hydrogens (tertiary/aromatic N) is 1. The average molecular weight is 264 g/mol. The maximum absolute atomic E-state index is 12.8. The topological polar surface area (TPSA) is 46.3 Å². The van der Waals surface area contributed by atoms with Crippen molar-refractivity contribution >= 4 is 5.91 Å². The molecule has 108 valence electrons. The second kappa shape index (κ2) is 5.82. The van der Waals surface area contributed by atoms with E-state index in [4.69, 9.17) is 5.73 Å². The van der Waals surface area contributed by atoms with Gasteiger partial charge in [0.2, 0.25) is 5.91 Å². The molecule has 0 aliphatic heterocycles. The van der Waals surface area contributed by atoms with E-state index in [0.29, 0.717) is 5.91 Å². The van der Waals surface area contributed by atoms with E-state index in [1.54, 1.807) is 0 Å². The Morgan fingerprint density at radius 3 is 2.05 bits per heavy atom. The first-order valence-electron chi connectivity index (χ1n) is 8.28. The monoisotopic (exact) mass is 264 g/mol. The Kier molecular flexibility index (Phi) is 4.11. The van der Waals surface area contributed by atoms with Crippen molar-refractivity contribution in [1.29, 1.82) is 0 Å². The van der Waals surface area contributed by atoms with Crippen LogP contribution in [0.2, 0.25) is 0 Å². The Bertz CT molecular complexity index is 309. The second-order valence-electron chi connectivity index (χ2n) is 7.04. The fraction of sp³-hybridized carbons (Fsp3) is 0.938. The van der Waals surface area contributed by atoms with Crippen LogP contribution in [0.4, 0.5) is 0 Å². The summed E-state index contributed by atoms with van der Waals surface area (Å²) in [6.45, 7) is 2.02. The minimum Gasteiger partial charge on any atom is -0.342 e. The van der Waals surface area contributed by atoms with E-state index in [9.17, 15) is 4.79 Å². The predicted octanol–water partition coefficient (Wildman–Crippen LogP) is 2.54. The highest BCUT2D eigenvalue weighted by atomic mass is 16.2. The second-order valence-corrected chi connectivity index (χ2v) is 7.04. The van der Waals surface area contributed by atoms with E-state index >= 15 is 0 Å². The Morgan fingerprint density at radius 1 is 0.895 bits per heavy atom. The molecule has 2 N–H and O–H groups in total. The van der Waals surface area contributed by atoms with Crippen molar-refractivity contribution in [1.82, 2.24) is 4.90 Å². The van der Waals surface area contributed by atoms with Crippen LogP contribution in [-0.2, 0) is 4.79 Å². The number of rotatable bonds is 5. The smallest absolute Gasteiger partial charge is 0.227 e. The van der Waals surface area contributed by atoms with Crippen LogP contribution in [0.3, 0.4) is 0 Å². The zero-order valence-corrected chi connectivity index (χ0v) is 12.0. The molecule has 0 aromatic heterocycles. The van der Waals surface area contributed by atoms with Gasteiger partial charge >= 0.3 is 0 Å². The lowest BCUT2D eigenvalue weighted by molar-refractivity contribution is -0.137. The van der Waals surface area contributed by atoms with Gasteiger partial charge in [-0.25, -0.2) is 0 Å². The van der Waals surface area contributed by atoms with Crippen molar-refractivity contribution in [2.24, 2.45) is 23.5 Å². The summed E-state index contributed by atoms with van der Waals surface area (Å²) >= 11 is 0. The standard InChI is InChI=1S/C16H28N2O/c17-15-5-3-1-2-4-14(15)16(19)18(10-12-6-7-12)11-13-8-9-13/h12-15H,1-11,17H2/t14-,15-/m1/s1. The summed E-state index contributed by atoms with van der Waals surface area (Å²) in [5.41, 5.74) is 6.26. The molecule has 2 atom stereocenters. The van der Waals surface area contributed by atoms with E-state index in [0.717, 1.165) is 37.8 Å². The lowest BCUT2D eigenvalue weighted by atomic mass is 9.93. The number of carbonyl (C=O) groups is 1. The van der Waals surface area contributed by atoms with Crippen molar-refractivity contribution in [2.75, 3.05) is 13.1 Å². The molecule has 0 aromatic rings. The molecule has 3 aliphatic rings. The third-order valence-corrected chi connectivity index (χ3v) is 5.05. The van der Waals surface area contributed by atoms with Crippen molar-refractivity contribution < 1.29 is 4.79 Å². The van der Waals surface area contributed by atoms with Gasteiger partial charge in [0.05, 0.1) is 5.92 Å².